The molecule has 19 heavy (non-hydrogen) atoms. The number of tetrazole rings is 1. The molecule has 0 bridgehead atoms. The van der Waals surface area contributed by atoms with Gasteiger partial charge in [0.2, 0.25) is 0 Å². The molecule has 0 amide bonds. The van der Waals surface area contributed by atoms with Crippen molar-refractivity contribution in [3.05, 3.63) is 41.7 Å². The van der Waals surface area contributed by atoms with Crippen LogP contribution in [0.5, 0.6) is 0 Å². The van der Waals surface area contributed by atoms with Crippen molar-refractivity contribution in [3.63, 3.8) is 0 Å². The SMILES string of the molecule is Cc1c(N)cccc1CNc1cncc2nnnn12. The third kappa shape index (κ3) is 2.05. The molecule has 0 aliphatic rings. The molecule has 7 nitrogen and oxygen atoms in total. The highest BCUT2D eigenvalue weighted by Crippen LogP contribution is 2.17. The van der Waals surface area contributed by atoms with Crippen molar-refractivity contribution >= 4 is 17.2 Å². The second-order valence-electron chi connectivity index (χ2n) is 4.23. The highest BCUT2D eigenvalue weighted by Gasteiger charge is 2.05. The molecular weight excluding hydrogens is 242 g/mol. The molecule has 0 radical (unpaired) electrons. The molecule has 3 N–H and O–H groups in total. The zero-order valence-corrected chi connectivity index (χ0v) is 10.4. The lowest BCUT2D eigenvalue weighted by atomic mass is 10.1. The minimum atomic E-state index is 0.606. The predicted molar refractivity (Wildman–Crippen MR) is 71.5 cm³/mol. The fourth-order valence-electron chi connectivity index (χ4n) is 1.88. The molecule has 0 unspecified atom stereocenters. The average molecular weight is 255 g/mol. The molecule has 7 heteroatoms. The summed E-state index contributed by atoms with van der Waals surface area (Å²) in [6, 6.07) is 5.86. The monoisotopic (exact) mass is 255 g/mol. The van der Waals surface area contributed by atoms with Crippen molar-refractivity contribution in [1.29, 1.82) is 0 Å². The Labute approximate surface area is 109 Å². The van der Waals surface area contributed by atoms with Crippen LogP contribution in [0.25, 0.3) is 5.65 Å². The first-order chi connectivity index (χ1) is 9.25. The number of nitrogens with zero attached hydrogens (tertiary/aromatic N) is 5. The molecule has 2 heterocycles. The van der Waals surface area contributed by atoms with Gasteiger partial charge in [0, 0.05) is 12.2 Å². The number of nitrogens with two attached hydrogens (primary N) is 1. The molecule has 2 aromatic heterocycles. The van der Waals surface area contributed by atoms with E-state index < -0.39 is 0 Å². The first-order valence-corrected chi connectivity index (χ1v) is 5.85. The van der Waals surface area contributed by atoms with Crippen LogP contribution in [0.2, 0.25) is 0 Å². The molecular formula is C12H13N7. The van der Waals surface area contributed by atoms with Gasteiger partial charge >= 0.3 is 0 Å². The summed E-state index contributed by atoms with van der Waals surface area (Å²) < 4.78 is 1.61. The van der Waals surface area contributed by atoms with Gasteiger partial charge in [0.05, 0.1) is 12.4 Å². The summed E-state index contributed by atoms with van der Waals surface area (Å²) in [7, 11) is 0. The van der Waals surface area contributed by atoms with E-state index in [1.54, 1.807) is 16.9 Å². The minimum absolute atomic E-state index is 0.606. The normalized spacial score (nSPS) is 10.8. The lowest BCUT2D eigenvalue weighted by Crippen LogP contribution is -2.07. The van der Waals surface area contributed by atoms with Crippen LogP contribution < -0.4 is 11.1 Å². The van der Waals surface area contributed by atoms with Crippen LogP contribution in [0.1, 0.15) is 11.1 Å². The molecule has 3 aromatic rings. The van der Waals surface area contributed by atoms with E-state index in [-0.39, 0.29) is 0 Å². The Morgan fingerprint density at radius 3 is 3.11 bits per heavy atom. The van der Waals surface area contributed by atoms with Gasteiger partial charge in [-0.25, -0.2) is 0 Å². The van der Waals surface area contributed by atoms with Gasteiger partial charge in [-0.2, -0.15) is 4.52 Å². The maximum atomic E-state index is 5.89. The van der Waals surface area contributed by atoms with Crippen LogP contribution in [-0.4, -0.2) is 25.0 Å². The summed E-state index contributed by atoms with van der Waals surface area (Å²) in [4.78, 5) is 4.09. The third-order valence-electron chi connectivity index (χ3n) is 3.06. The van der Waals surface area contributed by atoms with Gasteiger partial charge in [-0.15, -0.1) is 5.10 Å². The zero-order valence-electron chi connectivity index (χ0n) is 10.4. The number of aromatic nitrogens is 5. The Balaban J connectivity index is 1.86. The topological polar surface area (TPSA) is 94.0 Å². The van der Waals surface area contributed by atoms with Gasteiger partial charge in [0.1, 0.15) is 0 Å². The number of hydrogen-bond acceptors (Lipinski definition) is 6. The van der Waals surface area contributed by atoms with Gasteiger partial charge in [-0.05, 0) is 34.5 Å². The number of rotatable bonds is 3. The summed E-state index contributed by atoms with van der Waals surface area (Å²) in [5.41, 5.74) is 9.49. The summed E-state index contributed by atoms with van der Waals surface area (Å²) in [6.45, 7) is 2.64. The number of hydrogen-bond donors (Lipinski definition) is 2. The van der Waals surface area contributed by atoms with Gasteiger partial charge in [-0.3, -0.25) is 4.98 Å². The number of nitrogen functional groups attached to an aromatic ring is 1. The average Bonchev–Trinajstić information content (AvgIpc) is 2.89. The highest BCUT2D eigenvalue weighted by atomic mass is 15.5. The molecule has 96 valence electrons. The van der Waals surface area contributed by atoms with E-state index >= 15 is 0 Å². The Kier molecular flexibility index (Phi) is 2.71. The van der Waals surface area contributed by atoms with Crippen molar-refractivity contribution in [2.45, 2.75) is 13.5 Å². The molecule has 0 aliphatic heterocycles. The predicted octanol–water partition coefficient (Wildman–Crippen LogP) is 1.02. The van der Waals surface area contributed by atoms with Crippen LogP contribution >= 0.6 is 0 Å². The van der Waals surface area contributed by atoms with Crippen molar-refractivity contribution < 1.29 is 0 Å². The second-order valence-corrected chi connectivity index (χ2v) is 4.23. The van der Waals surface area contributed by atoms with E-state index in [9.17, 15) is 0 Å². The number of anilines is 2. The van der Waals surface area contributed by atoms with E-state index in [1.807, 2.05) is 25.1 Å². The van der Waals surface area contributed by atoms with E-state index in [0.29, 0.717) is 12.2 Å². The highest BCUT2D eigenvalue weighted by molar-refractivity contribution is 5.51. The van der Waals surface area contributed by atoms with Crippen LogP contribution in [0.3, 0.4) is 0 Å². The molecule has 1 aromatic carbocycles. The van der Waals surface area contributed by atoms with Crippen LogP contribution in [-0.2, 0) is 6.54 Å². The summed E-state index contributed by atoms with van der Waals surface area (Å²) in [6.07, 6.45) is 3.29. The zero-order chi connectivity index (χ0) is 13.2. The number of benzene rings is 1. The molecule has 3 rings (SSSR count). The quantitative estimate of drug-likeness (QED) is 0.679. The lowest BCUT2D eigenvalue weighted by Gasteiger charge is -2.10. The Bertz CT molecular complexity index is 719. The molecule has 0 aliphatic carbocycles. The lowest BCUT2D eigenvalue weighted by molar-refractivity contribution is 0.819. The summed E-state index contributed by atoms with van der Waals surface area (Å²) >= 11 is 0. The van der Waals surface area contributed by atoms with Crippen molar-refractivity contribution in [2.24, 2.45) is 0 Å². The summed E-state index contributed by atoms with van der Waals surface area (Å²) in [5.74, 6) is 0.740. The van der Waals surface area contributed by atoms with Crippen LogP contribution in [0.15, 0.2) is 30.6 Å². The number of fused-ring (bicyclic) bond motifs is 1. The maximum Gasteiger partial charge on any atom is 0.199 e. The van der Waals surface area contributed by atoms with Gasteiger partial charge < -0.3 is 11.1 Å². The number of nitrogens with one attached hydrogen (secondary N) is 1. The largest absolute Gasteiger partial charge is 0.399 e. The first-order valence-electron chi connectivity index (χ1n) is 5.85. The van der Waals surface area contributed by atoms with Crippen LogP contribution in [0.4, 0.5) is 11.5 Å². The molecule has 0 saturated carbocycles. The van der Waals surface area contributed by atoms with Crippen molar-refractivity contribution in [2.75, 3.05) is 11.1 Å². The minimum Gasteiger partial charge on any atom is -0.399 e. The van der Waals surface area contributed by atoms with E-state index in [0.717, 1.165) is 22.6 Å². The van der Waals surface area contributed by atoms with E-state index in [2.05, 4.69) is 25.8 Å². The molecule has 0 fully saturated rings. The first kappa shape index (κ1) is 11.4. The second kappa shape index (κ2) is 4.52. The smallest absolute Gasteiger partial charge is 0.199 e. The van der Waals surface area contributed by atoms with Gasteiger partial charge in [0.15, 0.2) is 11.5 Å². The van der Waals surface area contributed by atoms with E-state index in [1.165, 1.54) is 0 Å². The van der Waals surface area contributed by atoms with Gasteiger partial charge in [0.25, 0.3) is 0 Å². The Morgan fingerprint density at radius 2 is 2.21 bits per heavy atom. The maximum absolute atomic E-state index is 5.89. The standard InChI is InChI=1S/C12H13N7/c1-8-9(3-2-4-10(8)13)5-15-11-6-14-7-12-16-17-18-19(11)12/h2-4,6-7,15H,5,13H2,1H3. The Hall–Kier alpha value is -2.70. The summed E-state index contributed by atoms with van der Waals surface area (Å²) in [5, 5.41) is 14.6. The molecule has 0 spiro atoms. The van der Waals surface area contributed by atoms with Gasteiger partial charge in [-0.1, -0.05) is 12.1 Å². The third-order valence-corrected chi connectivity index (χ3v) is 3.06. The molecule has 0 saturated heterocycles. The van der Waals surface area contributed by atoms with Crippen molar-refractivity contribution in [3.8, 4) is 0 Å². The van der Waals surface area contributed by atoms with E-state index in [4.69, 9.17) is 5.73 Å². The van der Waals surface area contributed by atoms with Crippen LogP contribution in [0, 0.1) is 6.92 Å². The fourth-order valence-corrected chi connectivity index (χ4v) is 1.88. The fraction of sp³-hybridized carbons (Fsp3) is 0.167. The van der Waals surface area contributed by atoms with Crippen molar-refractivity contribution in [1.82, 2.24) is 25.0 Å². The Morgan fingerprint density at radius 1 is 1.32 bits per heavy atom. The molecule has 0 atom stereocenters.